The lowest BCUT2D eigenvalue weighted by Crippen LogP contribution is -1.70. The molecule has 0 nitrogen and oxygen atoms in total. The minimum Gasteiger partial charge on any atom is -0.130 e. The van der Waals surface area contributed by atoms with Crippen LogP contribution >= 0.6 is 11.8 Å². The zero-order valence-electron chi connectivity index (χ0n) is 7.81. The van der Waals surface area contributed by atoms with Gasteiger partial charge in [0.05, 0.1) is 0 Å². The van der Waals surface area contributed by atoms with Crippen LogP contribution in [0, 0.1) is 0 Å². The maximum absolute atomic E-state index is 3.72. The van der Waals surface area contributed by atoms with Crippen LogP contribution in [-0.2, 0) is 0 Å². The molecule has 0 atom stereocenters. The van der Waals surface area contributed by atoms with E-state index in [0.29, 0.717) is 0 Å². The summed E-state index contributed by atoms with van der Waals surface area (Å²) in [5, 5.41) is 0. The van der Waals surface area contributed by atoms with Gasteiger partial charge >= 0.3 is 0 Å². The van der Waals surface area contributed by atoms with E-state index in [1.54, 1.807) is 0 Å². The third-order valence-corrected chi connectivity index (χ3v) is 2.49. The normalized spacial score (nSPS) is 15.9. The average Bonchev–Trinajstić information content (AvgIpc) is 2.36. The van der Waals surface area contributed by atoms with Gasteiger partial charge in [0.1, 0.15) is 0 Å². The van der Waals surface area contributed by atoms with Crippen LogP contribution in [0.5, 0.6) is 0 Å². The van der Waals surface area contributed by atoms with Gasteiger partial charge < -0.3 is 0 Å². The van der Waals surface area contributed by atoms with Gasteiger partial charge in [0.15, 0.2) is 0 Å². The Kier molecular flexibility index (Phi) is 6.43. The van der Waals surface area contributed by atoms with E-state index < -0.39 is 0 Å². The molecule has 1 aliphatic rings. The van der Waals surface area contributed by atoms with Crippen LogP contribution in [0.25, 0.3) is 0 Å². The molecule has 0 aromatic carbocycles. The Hall–Kier alpha value is -0.170. The van der Waals surface area contributed by atoms with E-state index >= 15 is 0 Å². The van der Waals surface area contributed by atoms with Crippen molar-refractivity contribution in [3.63, 3.8) is 0 Å². The SMILES string of the molecule is C=CC1=C(C)SCC1.CCC. The van der Waals surface area contributed by atoms with E-state index in [9.17, 15) is 0 Å². The summed E-state index contributed by atoms with van der Waals surface area (Å²) in [5.41, 5.74) is 1.44. The number of rotatable bonds is 1. The minimum absolute atomic E-state index is 1.22. The van der Waals surface area contributed by atoms with Crippen LogP contribution in [0.15, 0.2) is 23.1 Å². The molecule has 0 spiro atoms. The van der Waals surface area contributed by atoms with Crippen molar-refractivity contribution in [2.75, 3.05) is 5.75 Å². The van der Waals surface area contributed by atoms with E-state index in [1.807, 2.05) is 17.8 Å². The fraction of sp³-hybridized carbons (Fsp3) is 0.600. The maximum Gasteiger partial charge on any atom is 0.00176 e. The van der Waals surface area contributed by atoms with Gasteiger partial charge in [-0.1, -0.05) is 32.9 Å². The van der Waals surface area contributed by atoms with Crippen molar-refractivity contribution in [2.24, 2.45) is 0 Å². The van der Waals surface area contributed by atoms with Gasteiger partial charge in [0.25, 0.3) is 0 Å². The molecule has 1 rings (SSSR count). The number of thioether (sulfide) groups is 1. The van der Waals surface area contributed by atoms with Gasteiger partial charge in [0, 0.05) is 5.75 Å². The molecular weight excluding hydrogens is 152 g/mol. The standard InChI is InChI=1S/C7H10S.C3H8/c1-3-7-4-5-8-6(7)2;1-3-2/h3H,1,4-5H2,2H3;3H2,1-2H3. The second kappa shape index (κ2) is 6.53. The Bertz CT molecular complexity index is 145. The summed E-state index contributed by atoms with van der Waals surface area (Å²) < 4.78 is 0. The third-order valence-electron chi connectivity index (χ3n) is 1.39. The van der Waals surface area contributed by atoms with Crippen molar-refractivity contribution in [3.05, 3.63) is 23.1 Å². The van der Waals surface area contributed by atoms with Gasteiger partial charge in [-0.3, -0.25) is 0 Å². The zero-order valence-corrected chi connectivity index (χ0v) is 8.63. The minimum atomic E-state index is 1.22. The summed E-state index contributed by atoms with van der Waals surface area (Å²) in [6.07, 6.45) is 4.44. The molecule has 0 amide bonds. The molecule has 0 fully saturated rings. The van der Waals surface area contributed by atoms with Gasteiger partial charge in [-0.15, -0.1) is 11.8 Å². The number of hydrogen-bond donors (Lipinski definition) is 0. The Morgan fingerprint density at radius 2 is 2.09 bits per heavy atom. The average molecular weight is 170 g/mol. The van der Waals surface area contributed by atoms with E-state index in [0.717, 1.165) is 0 Å². The molecule has 0 aromatic rings. The van der Waals surface area contributed by atoms with Gasteiger partial charge in [-0.2, -0.15) is 0 Å². The number of hydrogen-bond acceptors (Lipinski definition) is 1. The number of allylic oxidation sites excluding steroid dienone is 3. The molecule has 0 saturated heterocycles. The Morgan fingerprint density at radius 3 is 2.27 bits per heavy atom. The predicted molar refractivity (Wildman–Crippen MR) is 55.9 cm³/mol. The van der Waals surface area contributed by atoms with Crippen LogP contribution < -0.4 is 0 Å². The Balaban J connectivity index is 0.000000292. The van der Waals surface area contributed by atoms with Crippen LogP contribution in [0.4, 0.5) is 0 Å². The molecule has 0 radical (unpaired) electrons. The smallest absolute Gasteiger partial charge is 0.00176 e. The third kappa shape index (κ3) is 4.31. The van der Waals surface area contributed by atoms with E-state index in [1.165, 1.54) is 29.1 Å². The lowest BCUT2D eigenvalue weighted by atomic mass is 10.2. The van der Waals surface area contributed by atoms with Gasteiger partial charge in [0.2, 0.25) is 0 Å². The molecule has 1 heteroatoms. The first-order chi connectivity index (χ1) is 5.26. The summed E-state index contributed by atoms with van der Waals surface area (Å²) in [6, 6.07) is 0. The molecule has 0 saturated carbocycles. The summed E-state index contributed by atoms with van der Waals surface area (Å²) in [4.78, 5) is 1.46. The lowest BCUT2D eigenvalue weighted by molar-refractivity contribution is 1.09. The highest BCUT2D eigenvalue weighted by Gasteiger charge is 2.06. The summed E-state index contributed by atoms with van der Waals surface area (Å²) in [6.45, 7) is 10.1. The van der Waals surface area contributed by atoms with Gasteiger partial charge in [-0.05, 0) is 23.8 Å². The first-order valence-electron chi connectivity index (χ1n) is 4.21. The first-order valence-corrected chi connectivity index (χ1v) is 5.19. The van der Waals surface area contributed by atoms with Gasteiger partial charge in [-0.25, -0.2) is 0 Å². The summed E-state index contributed by atoms with van der Waals surface area (Å²) in [7, 11) is 0. The second-order valence-corrected chi connectivity index (χ2v) is 3.90. The zero-order chi connectivity index (χ0) is 8.69. The molecule has 0 aliphatic carbocycles. The van der Waals surface area contributed by atoms with E-state index in [4.69, 9.17) is 0 Å². The lowest BCUT2D eigenvalue weighted by Gasteiger charge is -1.88. The van der Waals surface area contributed by atoms with Crippen molar-refractivity contribution < 1.29 is 0 Å². The van der Waals surface area contributed by atoms with Crippen molar-refractivity contribution in [1.29, 1.82) is 0 Å². The largest absolute Gasteiger partial charge is 0.130 e. The quantitative estimate of drug-likeness (QED) is 0.573. The molecule has 0 N–H and O–H groups in total. The van der Waals surface area contributed by atoms with Crippen LogP contribution in [-0.4, -0.2) is 5.75 Å². The van der Waals surface area contributed by atoms with Crippen molar-refractivity contribution >= 4 is 11.8 Å². The van der Waals surface area contributed by atoms with Crippen LogP contribution in [0.3, 0.4) is 0 Å². The highest BCUT2D eigenvalue weighted by Crippen LogP contribution is 2.30. The highest BCUT2D eigenvalue weighted by atomic mass is 32.2. The molecule has 1 aliphatic heterocycles. The monoisotopic (exact) mass is 170 g/mol. The molecule has 11 heavy (non-hydrogen) atoms. The Morgan fingerprint density at radius 1 is 1.55 bits per heavy atom. The highest BCUT2D eigenvalue weighted by molar-refractivity contribution is 8.03. The fourth-order valence-electron chi connectivity index (χ4n) is 0.829. The predicted octanol–water partition coefficient (Wildman–Crippen LogP) is 4.00. The van der Waals surface area contributed by atoms with Crippen LogP contribution in [0.2, 0.25) is 0 Å². The Labute approximate surface area is 74.8 Å². The topological polar surface area (TPSA) is 0 Å². The summed E-state index contributed by atoms with van der Waals surface area (Å²) >= 11 is 1.94. The summed E-state index contributed by atoms with van der Waals surface area (Å²) in [5.74, 6) is 1.26. The van der Waals surface area contributed by atoms with Crippen molar-refractivity contribution in [2.45, 2.75) is 33.6 Å². The maximum atomic E-state index is 3.72. The molecule has 0 aromatic heterocycles. The molecule has 64 valence electrons. The molecular formula is C10H18S. The van der Waals surface area contributed by atoms with Crippen molar-refractivity contribution in [1.82, 2.24) is 0 Å². The van der Waals surface area contributed by atoms with E-state index in [-0.39, 0.29) is 0 Å². The first kappa shape index (κ1) is 10.8. The molecule has 1 heterocycles. The van der Waals surface area contributed by atoms with E-state index in [2.05, 4.69) is 27.4 Å². The molecule has 0 unspecified atom stereocenters. The van der Waals surface area contributed by atoms with Crippen LogP contribution in [0.1, 0.15) is 33.6 Å². The fourth-order valence-corrected chi connectivity index (χ4v) is 1.83. The second-order valence-electron chi connectivity index (χ2n) is 2.59. The van der Waals surface area contributed by atoms with Crippen molar-refractivity contribution in [3.8, 4) is 0 Å². The molecule has 0 bridgehead atoms.